The third-order valence-electron chi connectivity index (χ3n) is 5.86. The molecule has 7 nitrogen and oxygen atoms in total. The molecule has 2 unspecified atom stereocenters. The fraction of sp³-hybridized carbons (Fsp3) is 0.762. The summed E-state index contributed by atoms with van der Waals surface area (Å²) in [7, 11) is 5.52. The summed E-state index contributed by atoms with van der Waals surface area (Å²) in [5.41, 5.74) is 3.68. The van der Waals surface area contributed by atoms with Crippen molar-refractivity contribution in [3.63, 3.8) is 0 Å². The molecular weight excluding hydrogens is 479 g/mol. The first kappa shape index (κ1) is 25.7. The zero-order valence-electron chi connectivity index (χ0n) is 18.9. The summed E-state index contributed by atoms with van der Waals surface area (Å²) in [5, 5.41) is 11.5. The molecule has 166 valence electrons. The van der Waals surface area contributed by atoms with Crippen LogP contribution in [0.2, 0.25) is 0 Å². The van der Waals surface area contributed by atoms with Crippen molar-refractivity contribution in [1.82, 2.24) is 25.3 Å². The van der Waals surface area contributed by atoms with Gasteiger partial charge in [0.25, 0.3) is 0 Å². The highest BCUT2D eigenvalue weighted by molar-refractivity contribution is 14.0. The van der Waals surface area contributed by atoms with Crippen molar-refractivity contribution < 1.29 is 4.79 Å². The number of nitrogens with zero attached hydrogens (tertiary/aromatic N) is 4. The molecule has 0 radical (unpaired) electrons. The summed E-state index contributed by atoms with van der Waals surface area (Å²) < 4.78 is 1.95. The van der Waals surface area contributed by atoms with Crippen molar-refractivity contribution >= 4 is 35.8 Å². The normalized spacial score (nSPS) is 19.4. The number of carbonyl (C=O) groups excluding carboxylic acids is 1. The molecule has 1 aliphatic rings. The van der Waals surface area contributed by atoms with Gasteiger partial charge in [-0.25, -0.2) is 4.99 Å². The van der Waals surface area contributed by atoms with Crippen molar-refractivity contribution in [3.05, 3.63) is 17.0 Å². The molecule has 0 spiro atoms. The van der Waals surface area contributed by atoms with Crippen LogP contribution in [0.3, 0.4) is 0 Å². The van der Waals surface area contributed by atoms with Crippen molar-refractivity contribution in [2.24, 2.45) is 18.0 Å². The molecule has 0 bridgehead atoms. The molecular formula is C21H39IN6O. The van der Waals surface area contributed by atoms with Gasteiger partial charge in [-0.3, -0.25) is 9.48 Å². The number of hydrogen-bond donors (Lipinski definition) is 2. The molecule has 1 fully saturated rings. The molecule has 1 saturated carbocycles. The third-order valence-corrected chi connectivity index (χ3v) is 5.86. The molecule has 1 aromatic heterocycles. The van der Waals surface area contributed by atoms with E-state index in [1.54, 1.807) is 19.0 Å². The van der Waals surface area contributed by atoms with Gasteiger partial charge in [0, 0.05) is 39.4 Å². The van der Waals surface area contributed by atoms with Gasteiger partial charge in [0.05, 0.1) is 5.69 Å². The van der Waals surface area contributed by atoms with Gasteiger partial charge in [-0.1, -0.05) is 19.8 Å². The Balaban J connectivity index is 0.00000420. The summed E-state index contributed by atoms with van der Waals surface area (Å²) in [4.78, 5) is 18.1. The predicted octanol–water partition coefficient (Wildman–Crippen LogP) is 2.79. The number of amides is 1. The van der Waals surface area contributed by atoms with Gasteiger partial charge in [0.2, 0.25) is 5.91 Å². The van der Waals surface area contributed by atoms with Crippen molar-refractivity contribution in [2.45, 2.75) is 65.3 Å². The SMILES string of the molecule is Cc1nn(C)c(C)c1CCCNC(=NCC(=O)N(C)C)NC1CCCCC1C.I. The smallest absolute Gasteiger partial charge is 0.243 e. The van der Waals surface area contributed by atoms with Crippen LogP contribution in [0.5, 0.6) is 0 Å². The van der Waals surface area contributed by atoms with Crippen molar-refractivity contribution in [2.75, 3.05) is 27.2 Å². The van der Waals surface area contributed by atoms with Crippen LogP contribution in [0.4, 0.5) is 0 Å². The van der Waals surface area contributed by atoms with Gasteiger partial charge in [-0.2, -0.15) is 5.10 Å². The number of nitrogens with one attached hydrogen (secondary N) is 2. The minimum Gasteiger partial charge on any atom is -0.356 e. The maximum atomic E-state index is 12.0. The fourth-order valence-electron chi connectivity index (χ4n) is 3.80. The molecule has 1 heterocycles. The lowest BCUT2D eigenvalue weighted by Crippen LogP contribution is -2.47. The summed E-state index contributed by atoms with van der Waals surface area (Å²) in [5.74, 6) is 1.40. The number of carbonyl (C=O) groups is 1. The van der Waals surface area contributed by atoms with Crippen molar-refractivity contribution in [1.29, 1.82) is 0 Å². The second-order valence-electron chi connectivity index (χ2n) is 8.27. The molecule has 1 amide bonds. The second-order valence-corrected chi connectivity index (χ2v) is 8.27. The van der Waals surface area contributed by atoms with E-state index in [0.717, 1.165) is 37.5 Å². The molecule has 1 aromatic rings. The summed E-state index contributed by atoms with van der Waals surface area (Å²) >= 11 is 0. The van der Waals surface area contributed by atoms with Crippen LogP contribution < -0.4 is 10.6 Å². The number of rotatable bonds is 7. The minimum atomic E-state index is 0. The van der Waals surface area contributed by atoms with Gasteiger partial charge < -0.3 is 15.5 Å². The average molecular weight is 518 g/mol. The minimum absolute atomic E-state index is 0. The second kappa shape index (κ2) is 12.4. The summed E-state index contributed by atoms with van der Waals surface area (Å²) in [6, 6.07) is 0.428. The highest BCUT2D eigenvalue weighted by Crippen LogP contribution is 2.23. The van der Waals surface area contributed by atoms with Crippen LogP contribution in [0.25, 0.3) is 0 Å². The highest BCUT2D eigenvalue weighted by Gasteiger charge is 2.22. The lowest BCUT2D eigenvalue weighted by Gasteiger charge is -2.31. The number of guanidine groups is 1. The zero-order valence-corrected chi connectivity index (χ0v) is 21.2. The van der Waals surface area contributed by atoms with E-state index in [2.05, 4.69) is 41.5 Å². The number of halogens is 1. The Bertz CT molecular complexity index is 685. The van der Waals surface area contributed by atoms with E-state index in [4.69, 9.17) is 0 Å². The molecule has 0 saturated heterocycles. The van der Waals surface area contributed by atoms with Crippen LogP contribution in [0, 0.1) is 19.8 Å². The Morgan fingerprint density at radius 3 is 2.55 bits per heavy atom. The molecule has 2 atom stereocenters. The Morgan fingerprint density at radius 1 is 1.28 bits per heavy atom. The van der Waals surface area contributed by atoms with Gasteiger partial charge in [0.15, 0.2) is 5.96 Å². The largest absolute Gasteiger partial charge is 0.356 e. The number of aryl methyl sites for hydroxylation is 2. The maximum Gasteiger partial charge on any atom is 0.243 e. The van der Waals surface area contributed by atoms with E-state index >= 15 is 0 Å². The van der Waals surface area contributed by atoms with Crippen molar-refractivity contribution in [3.8, 4) is 0 Å². The zero-order chi connectivity index (χ0) is 20.7. The van der Waals surface area contributed by atoms with Gasteiger partial charge in [-0.15, -0.1) is 24.0 Å². The fourth-order valence-corrected chi connectivity index (χ4v) is 3.80. The van der Waals surface area contributed by atoms with E-state index in [0.29, 0.717) is 12.0 Å². The molecule has 2 rings (SSSR count). The van der Waals surface area contributed by atoms with E-state index < -0.39 is 0 Å². The first-order valence-electron chi connectivity index (χ1n) is 10.5. The van der Waals surface area contributed by atoms with Gasteiger partial charge >= 0.3 is 0 Å². The molecule has 8 heteroatoms. The van der Waals surface area contributed by atoms with Crippen LogP contribution in [-0.4, -0.2) is 59.8 Å². The van der Waals surface area contributed by atoms with Crippen LogP contribution in [-0.2, 0) is 18.3 Å². The Kier molecular flexibility index (Phi) is 11.0. The monoisotopic (exact) mass is 518 g/mol. The third kappa shape index (κ3) is 7.79. The Hall–Kier alpha value is -1.32. The lowest BCUT2D eigenvalue weighted by atomic mass is 9.86. The number of aromatic nitrogens is 2. The standard InChI is InChI=1S/C21H38N6O.HI/c1-15-10-7-8-12-19(15)24-21(23-14-20(28)26(4)5)22-13-9-11-18-16(2)25-27(6)17(18)3;/h15,19H,7-14H2,1-6H3,(H2,22,23,24);1H. The summed E-state index contributed by atoms with van der Waals surface area (Å²) in [6.45, 7) is 7.48. The average Bonchev–Trinajstić information content (AvgIpc) is 2.89. The van der Waals surface area contributed by atoms with Gasteiger partial charge in [0.1, 0.15) is 6.54 Å². The summed E-state index contributed by atoms with van der Waals surface area (Å²) in [6.07, 6.45) is 6.96. The molecule has 29 heavy (non-hydrogen) atoms. The molecule has 1 aliphatic carbocycles. The van der Waals surface area contributed by atoms with Crippen LogP contribution in [0.1, 0.15) is 56.0 Å². The highest BCUT2D eigenvalue weighted by atomic mass is 127. The van der Waals surface area contributed by atoms with E-state index in [-0.39, 0.29) is 36.4 Å². The first-order chi connectivity index (χ1) is 13.3. The number of hydrogen-bond acceptors (Lipinski definition) is 3. The number of likely N-dealkylation sites (N-methyl/N-ethyl adjacent to an activating group) is 1. The maximum absolute atomic E-state index is 12.0. The topological polar surface area (TPSA) is 74.5 Å². The van der Waals surface area contributed by atoms with Crippen LogP contribution in [0.15, 0.2) is 4.99 Å². The van der Waals surface area contributed by atoms with Gasteiger partial charge in [-0.05, 0) is 51.0 Å². The van der Waals surface area contributed by atoms with Crippen LogP contribution >= 0.6 is 24.0 Å². The molecule has 0 aliphatic heterocycles. The molecule has 0 aromatic carbocycles. The Morgan fingerprint density at radius 2 is 1.97 bits per heavy atom. The van der Waals surface area contributed by atoms with E-state index in [9.17, 15) is 4.79 Å². The number of aliphatic imine (C=N–C) groups is 1. The predicted molar refractivity (Wildman–Crippen MR) is 130 cm³/mol. The first-order valence-corrected chi connectivity index (χ1v) is 10.5. The van der Waals surface area contributed by atoms with E-state index in [1.165, 1.54) is 30.5 Å². The molecule has 2 N–H and O–H groups in total. The van der Waals surface area contributed by atoms with E-state index in [1.807, 2.05) is 11.7 Å². The lowest BCUT2D eigenvalue weighted by molar-refractivity contribution is -0.127. The Labute approximate surface area is 193 Å². The quantitative estimate of drug-likeness (QED) is 0.252.